The smallest absolute Gasteiger partial charge is 0.326 e. The molecule has 1 fully saturated rings. The first-order valence-electron chi connectivity index (χ1n) is 5.49. The number of rotatable bonds is 4. The van der Waals surface area contributed by atoms with Crippen molar-refractivity contribution < 1.29 is 23.1 Å². The fraction of sp³-hybridized carbons (Fsp3) is 0.800. The lowest BCUT2D eigenvalue weighted by Crippen LogP contribution is -2.43. The third kappa shape index (κ3) is 3.18. The fourth-order valence-corrected chi connectivity index (χ4v) is 2.59. The summed E-state index contributed by atoms with van der Waals surface area (Å²) in [6.07, 6.45) is 0.993. The minimum atomic E-state index is -3.47. The van der Waals surface area contributed by atoms with Gasteiger partial charge in [-0.1, -0.05) is 0 Å². The summed E-state index contributed by atoms with van der Waals surface area (Å²) in [7, 11) is -3.47. The molecule has 1 amide bonds. The molecule has 7 heteroatoms. The van der Waals surface area contributed by atoms with Crippen LogP contribution in [-0.4, -0.2) is 53.9 Å². The predicted molar refractivity (Wildman–Crippen MR) is 61.3 cm³/mol. The Bertz CT molecular complexity index is 414. The van der Waals surface area contributed by atoms with Gasteiger partial charge in [-0.2, -0.15) is 0 Å². The van der Waals surface area contributed by atoms with Crippen molar-refractivity contribution in [3.8, 4) is 0 Å². The van der Waals surface area contributed by atoms with E-state index in [1.807, 2.05) is 0 Å². The fourth-order valence-electron chi connectivity index (χ4n) is 1.74. The van der Waals surface area contributed by atoms with Gasteiger partial charge in [0.05, 0.1) is 5.25 Å². The van der Waals surface area contributed by atoms with E-state index < -0.39 is 38.8 Å². The van der Waals surface area contributed by atoms with E-state index in [0.717, 1.165) is 4.90 Å². The molecule has 1 atom stereocenters. The Hall–Kier alpha value is -1.11. The van der Waals surface area contributed by atoms with Gasteiger partial charge >= 0.3 is 5.97 Å². The summed E-state index contributed by atoms with van der Waals surface area (Å²) in [6, 6.07) is -0.870. The lowest BCUT2D eigenvalue weighted by molar-refractivity contribution is -0.147. The number of sulfone groups is 1. The van der Waals surface area contributed by atoms with Crippen LogP contribution in [0, 0.1) is 0 Å². The molecule has 98 valence electrons. The highest BCUT2D eigenvalue weighted by Gasteiger charge is 2.35. The molecule has 1 aliphatic heterocycles. The highest BCUT2D eigenvalue weighted by atomic mass is 32.2. The first kappa shape index (κ1) is 14.0. The van der Waals surface area contributed by atoms with Crippen molar-refractivity contribution in [2.45, 2.75) is 38.0 Å². The number of amides is 1. The van der Waals surface area contributed by atoms with E-state index in [-0.39, 0.29) is 0 Å². The molecule has 6 nitrogen and oxygen atoms in total. The van der Waals surface area contributed by atoms with E-state index in [1.165, 1.54) is 13.8 Å². The van der Waals surface area contributed by atoms with Crippen molar-refractivity contribution in [3.63, 3.8) is 0 Å². The lowest BCUT2D eigenvalue weighted by atomic mass is 10.2. The second-order valence-corrected chi connectivity index (χ2v) is 7.00. The van der Waals surface area contributed by atoms with Gasteiger partial charge in [-0.15, -0.1) is 0 Å². The molecule has 0 radical (unpaired) electrons. The molecule has 0 aromatic heterocycles. The predicted octanol–water partition coefficient (Wildman–Crippen LogP) is -0.115. The number of carboxylic acids is 1. The molecule has 0 aromatic rings. The third-order valence-electron chi connectivity index (χ3n) is 2.90. The minimum Gasteiger partial charge on any atom is -0.480 e. The van der Waals surface area contributed by atoms with Crippen LogP contribution in [0.5, 0.6) is 0 Å². The van der Waals surface area contributed by atoms with E-state index >= 15 is 0 Å². The third-order valence-corrected chi connectivity index (χ3v) is 4.99. The van der Waals surface area contributed by atoms with E-state index in [1.54, 1.807) is 0 Å². The van der Waals surface area contributed by atoms with Gasteiger partial charge in [0, 0.05) is 6.54 Å². The number of carboxylic acid groups (broad SMARTS) is 1. The van der Waals surface area contributed by atoms with Gasteiger partial charge in [0.25, 0.3) is 0 Å². The topological polar surface area (TPSA) is 91.8 Å². The molecule has 0 saturated carbocycles. The van der Waals surface area contributed by atoms with Gasteiger partial charge in [0.15, 0.2) is 9.84 Å². The van der Waals surface area contributed by atoms with Crippen LogP contribution in [0.4, 0.5) is 0 Å². The Morgan fingerprint density at radius 2 is 2.00 bits per heavy atom. The summed E-state index contributed by atoms with van der Waals surface area (Å²) in [6.45, 7) is 3.33. The Balaban J connectivity index is 2.75. The monoisotopic (exact) mass is 263 g/mol. The van der Waals surface area contributed by atoms with Crippen LogP contribution in [-0.2, 0) is 19.4 Å². The van der Waals surface area contributed by atoms with Crippen LogP contribution < -0.4 is 0 Å². The molecule has 0 spiro atoms. The highest BCUT2D eigenvalue weighted by Crippen LogP contribution is 2.18. The lowest BCUT2D eigenvalue weighted by Gasteiger charge is -2.21. The molecule has 1 heterocycles. The number of hydrogen-bond acceptors (Lipinski definition) is 4. The number of carbonyl (C=O) groups excluding carboxylic acids is 1. The molecule has 1 saturated heterocycles. The molecule has 17 heavy (non-hydrogen) atoms. The van der Waals surface area contributed by atoms with Crippen LogP contribution in [0.1, 0.15) is 26.7 Å². The number of carbonyl (C=O) groups is 2. The highest BCUT2D eigenvalue weighted by molar-refractivity contribution is 7.92. The Morgan fingerprint density at radius 3 is 2.47 bits per heavy atom. The van der Waals surface area contributed by atoms with Crippen LogP contribution in [0.25, 0.3) is 0 Å². The van der Waals surface area contributed by atoms with Crippen LogP contribution in [0.2, 0.25) is 0 Å². The number of nitrogens with zero attached hydrogens (tertiary/aromatic N) is 1. The molecule has 1 unspecified atom stereocenters. The molecule has 0 bridgehead atoms. The molecule has 0 aromatic carbocycles. The maximum absolute atomic E-state index is 11.8. The zero-order valence-corrected chi connectivity index (χ0v) is 10.7. The quantitative estimate of drug-likeness (QED) is 0.763. The number of hydrogen-bond donors (Lipinski definition) is 1. The molecular weight excluding hydrogens is 246 g/mol. The van der Waals surface area contributed by atoms with E-state index in [2.05, 4.69) is 0 Å². The molecule has 1 rings (SSSR count). The molecule has 1 aliphatic rings. The summed E-state index contributed by atoms with van der Waals surface area (Å²) in [4.78, 5) is 23.8. The van der Waals surface area contributed by atoms with Gasteiger partial charge in [0.2, 0.25) is 5.91 Å². The summed E-state index contributed by atoms with van der Waals surface area (Å²) in [5.41, 5.74) is 0. The van der Waals surface area contributed by atoms with Gasteiger partial charge in [0.1, 0.15) is 11.8 Å². The van der Waals surface area contributed by atoms with Gasteiger partial charge < -0.3 is 10.0 Å². The summed E-state index contributed by atoms with van der Waals surface area (Å²) < 4.78 is 23.2. The Morgan fingerprint density at radius 1 is 1.41 bits per heavy atom. The van der Waals surface area contributed by atoms with Gasteiger partial charge in [-0.05, 0) is 26.7 Å². The van der Waals surface area contributed by atoms with Crippen molar-refractivity contribution in [1.82, 2.24) is 4.90 Å². The normalized spacial score (nSPS) is 20.9. The zero-order chi connectivity index (χ0) is 13.2. The largest absolute Gasteiger partial charge is 0.480 e. The first-order chi connectivity index (χ1) is 7.75. The summed E-state index contributed by atoms with van der Waals surface area (Å²) >= 11 is 0. The van der Waals surface area contributed by atoms with Crippen molar-refractivity contribution in [2.75, 3.05) is 12.3 Å². The Labute approximate surface area is 101 Å². The molecule has 1 N–H and O–H groups in total. The first-order valence-corrected chi connectivity index (χ1v) is 7.21. The van der Waals surface area contributed by atoms with Crippen molar-refractivity contribution >= 4 is 21.7 Å². The number of likely N-dealkylation sites (tertiary alicyclic amines) is 1. The van der Waals surface area contributed by atoms with E-state index in [0.29, 0.717) is 19.4 Å². The van der Waals surface area contributed by atoms with Crippen molar-refractivity contribution in [3.05, 3.63) is 0 Å². The molecule has 0 aliphatic carbocycles. The molecular formula is C10H17NO5S. The van der Waals surface area contributed by atoms with Gasteiger partial charge in [-0.3, -0.25) is 4.79 Å². The maximum atomic E-state index is 11.8. The summed E-state index contributed by atoms with van der Waals surface area (Å²) in [5, 5.41) is 8.27. The minimum absolute atomic E-state index is 0.323. The van der Waals surface area contributed by atoms with Gasteiger partial charge in [-0.25, -0.2) is 13.2 Å². The maximum Gasteiger partial charge on any atom is 0.326 e. The van der Waals surface area contributed by atoms with Crippen LogP contribution in [0.3, 0.4) is 0 Å². The SMILES string of the molecule is CC(C)S(=O)(=O)CC(=O)N1CCCC1C(=O)O. The van der Waals surface area contributed by atoms with Crippen LogP contribution >= 0.6 is 0 Å². The Kier molecular flexibility index (Phi) is 4.13. The second kappa shape index (κ2) is 5.03. The van der Waals surface area contributed by atoms with E-state index in [4.69, 9.17) is 5.11 Å². The standard InChI is InChI=1S/C10H17NO5S/c1-7(2)17(15,16)6-9(12)11-5-3-4-8(11)10(13)14/h7-8H,3-6H2,1-2H3,(H,13,14). The zero-order valence-electron chi connectivity index (χ0n) is 9.92. The average Bonchev–Trinajstić information content (AvgIpc) is 2.64. The number of aliphatic carboxylic acids is 1. The second-order valence-electron chi connectivity index (χ2n) is 4.44. The van der Waals surface area contributed by atoms with Crippen molar-refractivity contribution in [1.29, 1.82) is 0 Å². The summed E-state index contributed by atoms with van der Waals surface area (Å²) in [5.74, 6) is -2.28. The van der Waals surface area contributed by atoms with E-state index in [9.17, 15) is 18.0 Å². The average molecular weight is 263 g/mol. The van der Waals surface area contributed by atoms with Crippen LogP contribution in [0.15, 0.2) is 0 Å². The van der Waals surface area contributed by atoms with Crippen molar-refractivity contribution in [2.24, 2.45) is 0 Å².